The summed E-state index contributed by atoms with van der Waals surface area (Å²) >= 11 is 0. The van der Waals surface area contributed by atoms with Crippen LogP contribution in [0.3, 0.4) is 0 Å². The number of methoxy groups -OCH3 is 1. The maximum absolute atomic E-state index is 6.22. The lowest BCUT2D eigenvalue weighted by atomic mass is 9.97. The molecule has 0 bridgehead atoms. The van der Waals surface area contributed by atoms with Crippen LogP contribution in [0.2, 0.25) is 0 Å². The van der Waals surface area contributed by atoms with E-state index in [2.05, 4.69) is 32.9 Å². The number of hydrogen-bond donors (Lipinski definition) is 1. The van der Waals surface area contributed by atoms with Gasteiger partial charge in [-0.15, -0.1) is 0 Å². The molecule has 1 aromatic rings. The zero-order valence-corrected chi connectivity index (χ0v) is 11.5. The molecular weight excluding hydrogens is 210 g/mol. The van der Waals surface area contributed by atoms with Crippen molar-refractivity contribution in [2.24, 2.45) is 5.73 Å². The summed E-state index contributed by atoms with van der Waals surface area (Å²) in [5.74, 6) is 0.981. The van der Waals surface area contributed by atoms with Gasteiger partial charge in [0.15, 0.2) is 0 Å². The Morgan fingerprint density at radius 2 is 1.76 bits per heavy atom. The predicted octanol–water partition coefficient (Wildman–Crippen LogP) is 3.89. The zero-order chi connectivity index (χ0) is 12.8. The van der Waals surface area contributed by atoms with Crippen molar-refractivity contribution in [3.05, 3.63) is 28.8 Å². The molecule has 0 unspecified atom stereocenters. The lowest BCUT2D eigenvalue weighted by molar-refractivity contribution is 0.408. The molecule has 0 amide bonds. The third kappa shape index (κ3) is 3.74. The summed E-state index contributed by atoms with van der Waals surface area (Å²) in [6.45, 7) is 6.37. The van der Waals surface area contributed by atoms with Crippen molar-refractivity contribution < 1.29 is 4.74 Å². The molecule has 1 atom stereocenters. The maximum Gasteiger partial charge on any atom is 0.124 e. The van der Waals surface area contributed by atoms with E-state index in [9.17, 15) is 0 Å². The first kappa shape index (κ1) is 14.0. The van der Waals surface area contributed by atoms with E-state index in [0.29, 0.717) is 0 Å². The first-order chi connectivity index (χ1) is 8.10. The molecule has 0 aliphatic rings. The number of aryl methyl sites for hydroxylation is 2. The lowest BCUT2D eigenvalue weighted by Gasteiger charge is -2.16. The Bertz CT molecular complexity index is 337. The van der Waals surface area contributed by atoms with Gasteiger partial charge in [-0.1, -0.05) is 38.3 Å². The highest BCUT2D eigenvalue weighted by atomic mass is 16.5. The van der Waals surface area contributed by atoms with Gasteiger partial charge in [-0.2, -0.15) is 0 Å². The first-order valence-electron chi connectivity index (χ1n) is 6.50. The number of rotatable bonds is 6. The van der Waals surface area contributed by atoms with Gasteiger partial charge in [-0.25, -0.2) is 0 Å². The minimum atomic E-state index is 0.157. The molecule has 1 aromatic carbocycles. The second kappa shape index (κ2) is 6.65. The summed E-state index contributed by atoms with van der Waals surface area (Å²) in [6.07, 6.45) is 4.79. The third-order valence-corrected chi connectivity index (χ3v) is 3.23. The number of hydrogen-bond acceptors (Lipinski definition) is 2. The maximum atomic E-state index is 6.22. The molecule has 0 aliphatic heterocycles. The molecule has 0 aromatic heterocycles. The van der Waals surface area contributed by atoms with Crippen LogP contribution in [-0.2, 0) is 0 Å². The molecule has 0 heterocycles. The fourth-order valence-corrected chi connectivity index (χ4v) is 2.30. The molecule has 17 heavy (non-hydrogen) atoms. The number of nitrogens with two attached hydrogens (primary N) is 1. The van der Waals surface area contributed by atoms with Crippen LogP contribution in [0.5, 0.6) is 5.75 Å². The van der Waals surface area contributed by atoms with E-state index in [1.54, 1.807) is 7.11 Å². The SMILES string of the molecule is CCCCC[C@H](N)c1cc(C)c(OC)c(C)c1. The van der Waals surface area contributed by atoms with E-state index >= 15 is 0 Å². The summed E-state index contributed by atoms with van der Waals surface area (Å²) in [5, 5.41) is 0. The third-order valence-electron chi connectivity index (χ3n) is 3.23. The van der Waals surface area contributed by atoms with Crippen molar-refractivity contribution in [1.29, 1.82) is 0 Å². The van der Waals surface area contributed by atoms with Gasteiger partial charge < -0.3 is 10.5 Å². The second-order valence-electron chi connectivity index (χ2n) is 4.79. The molecule has 1 rings (SSSR count). The predicted molar refractivity (Wildman–Crippen MR) is 73.5 cm³/mol. The van der Waals surface area contributed by atoms with Crippen molar-refractivity contribution >= 4 is 0 Å². The average Bonchev–Trinajstić information content (AvgIpc) is 2.28. The quantitative estimate of drug-likeness (QED) is 0.759. The molecule has 0 saturated carbocycles. The van der Waals surface area contributed by atoms with Gasteiger partial charge in [0.05, 0.1) is 7.11 Å². The number of ether oxygens (including phenoxy) is 1. The van der Waals surface area contributed by atoms with Crippen LogP contribution in [0.15, 0.2) is 12.1 Å². The Kier molecular flexibility index (Phi) is 5.49. The van der Waals surface area contributed by atoms with Crippen molar-refractivity contribution in [2.45, 2.75) is 52.5 Å². The molecule has 2 N–H and O–H groups in total. The zero-order valence-electron chi connectivity index (χ0n) is 11.5. The molecule has 0 radical (unpaired) electrons. The lowest BCUT2D eigenvalue weighted by Crippen LogP contribution is -2.11. The van der Waals surface area contributed by atoms with E-state index in [-0.39, 0.29) is 6.04 Å². The highest BCUT2D eigenvalue weighted by molar-refractivity contribution is 5.44. The Labute approximate surface area is 105 Å². The van der Waals surface area contributed by atoms with Crippen LogP contribution < -0.4 is 10.5 Å². The monoisotopic (exact) mass is 235 g/mol. The molecule has 0 spiro atoms. The van der Waals surface area contributed by atoms with Crippen molar-refractivity contribution in [1.82, 2.24) is 0 Å². The molecule has 2 heteroatoms. The summed E-state index contributed by atoms with van der Waals surface area (Å²) in [7, 11) is 1.72. The van der Waals surface area contributed by atoms with Crippen LogP contribution in [-0.4, -0.2) is 7.11 Å². The van der Waals surface area contributed by atoms with Gasteiger partial charge in [0.25, 0.3) is 0 Å². The van der Waals surface area contributed by atoms with Crippen LogP contribution in [0.1, 0.15) is 55.3 Å². The Balaban J connectivity index is 2.77. The molecule has 96 valence electrons. The topological polar surface area (TPSA) is 35.2 Å². The highest BCUT2D eigenvalue weighted by Crippen LogP contribution is 2.28. The Morgan fingerprint density at radius 3 is 2.24 bits per heavy atom. The van der Waals surface area contributed by atoms with Gasteiger partial charge >= 0.3 is 0 Å². The van der Waals surface area contributed by atoms with Crippen LogP contribution in [0.25, 0.3) is 0 Å². The summed E-state index contributed by atoms with van der Waals surface area (Å²) < 4.78 is 5.37. The molecule has 0 fully saturated rings. The van der Waals surface area contributed by atoms with Crippen LogP contribution in [0, 0.1) is 13.8 Å². The molecule has 0 aliphatic carbocycles. The van der Waals surface area contributed by atoms with Gasteiger partial charge in [0, 0.05) is 6.04 Å². The van der Waals surface area contributed by atoms with E-state index in [1.165, 1.54) is 36.0 Å². The number of benzene rings is 1. The molecule has 2 nitrogen and oxygen atoms in total. The van der Waals surface area contributed by atoms with Gasteiger partial charge in [0.1, 0.15) is 5.75 Å². The van der Waals surface area contributed by atoms with E-state index in [1.807, 2.05) is 0 Å². The largest absolute Gasteiger partial charge is 0.496 e. The molecular formula is C15H25NO. The van der Waals surface area contributed by atoms with Crippen LogP contribution >= 0.6 is 0 Å². The fraction of sp³-hybridized carbons (Fsp3) is 0.600. The summed E-state index contributed by atoms with van der Waals surface area (Å²) in [5.41, 5.74) is 9.81. The van der Waals surface area contributed by atoms with Gasteiger partial charge in [-0.3, -0.25) is 0 Å². The van der Waals surface area contributed by atoms with E-state index in [0.717, 1.165) is 12.2 Å². The van der Waals surface area contributed by atoms with Gasteiger partial charge in [0.2, 0.25) is 0 Å². The van der Waals surface area contributed by atoms with Crippen LogP contribution in [0.4, 0.5) is 0 Å². The standard InChI is InChI=1S/C15H25NO/c1-5-6-7-8-14(16)13-9-11(2)15(17-4)12(3)10-13/h9-10,14H,5-8,16H2,1-4H3/t14-/m0/s1. The smallest absolute Gasteiger partial charge is 0.124 e. The minimum absolute atomic E-state index is 0.157. The van der Waals surface area contributed by atoms with E-state index < -0.39 is 0 Å². The normalized spacial score (nSPS) is 12.5. The second-order valence-corrected chi connectivity index (χ2v) is 4.79. The summed E-state index contributed by atoms with van der Waals surface area (Å²) in [4.78, 5) is 0. The highest BCUT2D eigenvalue weighted by Gasteiger charge is 2.10. The average molecular weight is 235 g/mol. The first-order valence-corrected chi connectivity index (χ1v) is 6.50. The Morgan fingerprint density at radius 1 is 1.18 bits per heavy atom. The van der Waals surface area contributed by atoms with Gasteiger partial charge in [-0.05, 0) is 37.0 Å². The Hall–Kier alpha value is -1.02. The number of unbranched alkanes of at least 4 members (excludes halogenated alkanes) is 2. The fourth-order valence-electron chi connectivity index (χ4n) is 2.30. The van der Waals surface area contributed by atoms with Crippen molar-refractivity contribution in [3.8, 4) is 5.75 Å². The summed E-state index contributed by atoms with van der Waals surface area (Å²) in [6, 6.07) is 4.47. The molecule has 0 saturated heterocycles. The minimum Gasteiger partial charge on any atom is -0.496 e. The van der Waals surface area contributed by atoms with E-state index in [4.69, 9.17) is 10.5 Å². The van der Waals surface area contributed by atoms with Crippen molar-refractivity contribution in [3.63, 3.8) is 0 Å². The van der Waals surface area contributed by atoms with Crippen molar-refractivity contribution in [2.75, 3.05) is 7.11 Å².